The maximum Gasteiger partial charge on any atom is 0.113 e. The fourth-order valence-corrected chi connectivity index (χ4v) is 3.70. The molecule has 0 unspecified atom stereocenters. The van der Waals surface area contributed by atoms with Gasteiger partial charge in [-0.3, -0.25) is 0 Å². The third-order valence-corrected chi connectivity index (χ3v) is 4.98. The largest absolute Gasteiger partial charge is 0.244 e. The van der Waals surface area contributed by atoms with E-state index in [9.17, 15) is 0 Å². The van der Waals surface area contributed by atoms with Crippen molar-refractivity contribution < 1.29 is 0 Å². The summed E-state index contributed by atoms with van der Waals surface area (Å²) in [5.74, 6) is 0.674. The fourth-order valence-electron chi connectivity index (χ4n) is 2.59. The molecule has 0 N–H and O–H groups in total. The lowest BCUT2D eigenvalue weighted by molar-refractivity contribution is 0.437. The lowest BCUT2D eigenvalue weighted by Crippen LogP contribution is -2.07. The van der Waals surface area contributed by atoms with Crippen molar-refractivity contribution in [3.63, 3.8) is 0 Å². The molecule has 2 aliphatic rings. The highest BCUT2D eigenvalue weighted by Gasteiger charge is 2.47. The van der Waals surface area contributed by atoms with Crippen molar-refractivity contribution in [2.24, 2.45) is 0 Å². The number of thiazole rings is 1. The van der Waals surface area contributed by atoms with E-state index in [0.29, 0.717) is 5.92 Å². The van der Waals surface area contributed by atoms with Gasteiger partial charge in [-0.25, -0.2) is 4.98 Å². The molecule has 0 amide bonds. The predicted molar refractivity (Wildman–Crippen MR) is 64.5 cm³/mol. The van der Waals surface area contributed by atoms with Crippen LogP contribution < -0.4 is 0 Å². The van der Waals surface area contributed by atoms with Crippen molar-refractivity contribution in [3.8, 4) is 6.07 Å². The zero-order valence-corrected chi connectivity index (χ0v) is 10.2. The monoisotopic (exact) mass is 232 g/mol. The first-order valence-electron chi connectivity index (χ1n) is 6.21. The smallest absolute Gasteiger partial charge is 0.113 e. The maximum absolute atomic E-state index is 9.15. The topological polar surface area (TPSA) is 36.7 Å². The minimum Gasteiger partial charge on any atom is -0.244 e. The van der Waals surface area contributed by atoms with Gasteiger partial charge in [-0.15, -0.1) is 11.3 Å². The normalized spacial score (nSPS) is 23.9. The second-order valence-corrected chi connectivity index (χ2v) is 5.96. The molecule has 3 rings (SSSR count). The van der Waals surface area contributed by atoms with Crippen LogP contribution in [-0.4, -0.2) is 4.98 Å². The SMILES string of the molecule is N#CC1(c2nc(C3CCCCC3)cs2)CC1. The van der Waals surface area contributed by atoms with Gasteiger partial charge < -0.3 is 0 Å². The van der Waals surface area contributed by atoms with E-state index < -0.39 is 0 Å². The molecule has 1 aromatic rings. The molecule has 2 saturated carbocycles. The van der Waals surface area contributed by atoms with E-state index in [4.69, 9.17) is 10.2 Å². The molecule has 3 heteroatoms. The highest BCUT2D eigenvalue weighted by atomic mass is 32.1. The van der Waals surface area contributed by atoms with E-state index in [1.807, 2.05) is 0 Å². The first kappa shape index (κ1) is 10.3. The molecule has 0 aromatic carbocycles. The van der Waals surface area contributed by atoms with Gasteiger partial charge in [0.15, 0.2) is 0 Å². The van der Waals surface area contributed by atoms with E-state index in [-0.39, 0.29) is 5.41 Å². The Labute approximate surface area is 100 Å². The lowest BCUT2D eigenvalue weighted by atomic mass is 9.87. The van der Waals surface area contributed by atoms with Crippen LogP contribution >= 0.6 is 11.3 Å². The average Bonchev–Trinajstić information content (AvgIpc) is 3.00. The van der Waals surface area contributed by atoms with Crippen LogP contribution in [0.15, 0.2) is 5.38 Å². The van der Waals surface area contributed by atoms with Gasteiger partial charge in [-0.1, -0.05) is 19.3 Å². The molecular formula is C13H16N2S. The van der Waals surface area contributed by atoms with E-state index in [1.54, 1.807) is 11.3 Å². The van der Waals surface area contributed by atoms with Crippen molar-refractivity contribution in [2.75, 3.05) is 0 Å². The molecule has 0 saturated heterocycles. The minimum atomic E-state index is -0.183. The van der Waals surface area contributed by atoms with Crippen molar-refractivity contribution in [1.29, 1.82) is 5.26 Å². The fraction of sp³-hybridized carbons (Fsp3) is 0.692. The Morgan fingerprint density at radius 3 is 2.69 bits per heavy atom. The van der Waals surface area contributed by atoms with Crippen LogP contribution in [0.3, 0.4) is 0 Å². The van der Waals surface area contributed by atoms with Gasteiger partial charge in [0.1, 0.15) is 10.4 Å². The van der Waals surface area contributed by atoms with Crippen LogP contribution in [0.5, 0.6) is 0 Å². The number of rotatable bonds is 2. The summed E-state index contributed by atoms with van der Waals surface area (Å²) in [5.41, 5.74) is 1.08. The summed E-state index contributed by atoms with van der Waals surface area (Å²) in [6.45, 7) is 0. The summed E-state index contributed by atoms with van der Waals surface area (Å²) < 4.78 is 0. The number of nitriles is 1. The quantitative estimate of drug-likeness (QED) is 0.778. The van der Waals surface area contributed by atoms with Crippen molar-refractivity contribution >= 4 is 11.3 Å². The molecule has 2 nitrogen and oxygen atoms in total. The Morgan fingerprint density at radius 1 is 1.31 bits per heavy atom. The van der Waals surface area contributed by atoms with Gasteiger partial charge in [0.05, 0.1) is 11.8 Å². The number of aromatic nitrogens is 1. The van der Waals surface area contributed by atoms with E-state index in [1.165, 1.54) is 37.8 Å². The second kappa shape index (κ2) is 3.85. The Kier molecular flexibility index (Phi) is 2.48. The number of nitrogens with zero attached hydrogens (tertiary/aromatic N) is 2. The minimum absolute atomic E-state index is 0.183. The molecule has 16 heavy (non-hydrogen) atoms. The van der Waals surface area contributed by atoms with Crippen LogP contribution in [0, 0.1) is 11.3 Å². The van der Waals surface area contributed by atoms with Crippen LogP contribution in [-0.2, 0) is 5.41 Å². The van der Waals surface area contributed by atoms with Crippen molar-refractivity contribution in [3.05, 3.63) is 16.1 Å². The summed E-state index contributed by atoms with van der Waals surface area (Å²) in [5, 5.41) is 12.4. The van der Waals surface area contributed by atoms with Gasteiger partial charge in [0.2, 0.25) is 0 Å². The highest BCUT2D eigenvalue weighted by Crippen LogP contribution is 2.49. The van der Waals surface area contributed by atoms with Gasteiger partial charge in [-0.05, 0) is 25.7 Å². The molecule has 2 aliphatic carbocycles. The predicted octanol–water partition coefficient (Wildman–Crippen LogP) is 3.75. The molecule has 0 atom stereocenters. The van der Waals surface area contributed by atoms with Gasteiger partial charge in [-0.2, -0.15) is 5.26 Å². The zero-order chi connectivity index (χ0) is 11.0. The summed E-state index contributed by atoms with van der Waals surface area (Å²) >= 11 is 1.70. The Balaban J connectivity index is 1.80. The summed E-state index contributed by atoms with van der Waals surface area (Å²) in [7, 11) is 0. The molecule has 1 heterocycles. The molecule has 0 spiro atoms. The van der Waals surface area contributed by atoms with Crippen molar-refractivity contribution in [2.45, 2.75) is 56.3 Å². The third-order valence-electron chi connectivity index (χ3n) is 3.92. The van der Waals surface area contributed by atoms with Crippen molar-refractivity contribution in [1.82, 2.24) is 4.98 Å². The zero-order valence-electron chi connectivity index (χ0n) is 9.41. The average molecular weight is 232 g/mol. The molecule has 0 radical (unpaired) electrons. The number of hydrogen-bond acceptors (Lipinski definition) is 3. The van der Waals surface area contributed by atoms with Crippen LogP contribution in [0.1, 0.15) is 61.6 Å². The molecule has 2 fully saturated rings. The highest BCUT2D eigenvalue weighted by molar-refractivity contribution is 7.09. The molecular weight excluding hydrogens is 216 g/mol. The van der Waals surface area contributed by atoms with Crippen LogP contribution in [0.2, 0.25) is 0 Å². The van der Waals surface area contributed by atoms with E-state index in [0.717, 1.165) is 17.8 Å². The van der Waals surface area contributed by atoms with E-state index >= 15 is 0 Å². The summed E-state index contributed by atoms with van der Waals surface area (Å²) in [4.78, 5) is 4.73. The number of hydrogen-bond donors (Lipinski definition) is 0. The van der Waals surface area contributed by atoms with Gasteiger partial charge in [0.25, 0.3) is 0 Å². The molecule has 0 bridgehead atoms. The van der Waals surface area contributed by atoms with Crippen LogP contribution in [0.4, 0.5) is 0 Å². The maximum atomic E-state index is 9.15. The van der Waals surface area contributed by atoms with Gasteiger partial charge >= 0.3 is 0 Å². The molecule has 0 aliphatic heterocycles. The molecule has 84 valence electrons. The Morgan fingerprint density at radius 2 is 2.06 bits per heavy atom. The Bertz CT molecular complexity index is 419. The second-order valence-electron chi connectivity index (χ2n) is 5.11. The summed E-state index contributed by atoms with van der Waals surface area (Å²) in [6, 6.07) is 2.43. The summed E-state index contributed by atoms with van der Waals surface area (Å²) in [6.07, 6.45) is 8.70. The lowest BCUT2D eigenvalue weighted by Gasteiger charge is -2.19. The van der Waals surface area contributed by atoms with E-state index in [2.05, 4.69) is 11.4 Å². The first-order valence-corrected chi connectivity index (χ1v) is 7.09. The van der Waals surface area contributed by atoms with Crippen LogP contribution in [0.25, 0.3) is 0 Å². The van der Waals surface area contributed by atoms with Gasteiger partial charge in [0, 0.05) is 11.3 Å². The third kappa shape index (κ3) is 1.66. The first-order chi connectivity index (χ1) is 7.84. The standard InChI is InChI=1S/C13H16N2S/c14-9-13(6-7-13)12-15-11(8-16-12)10-4-2-1-3-5-10/h8,10H,1-7H2. The molecule has 1 aromatic heterocycles. The Hall–Kier alpha value is -0.880.